The molecule has 0 atom stereocenters. The molecule has 21 heavy (non-hydrogen) atoms. The van der Waals surface area contributed by atoms with Crippen LogP contribution in [-0.4, -0.2) is 29.8 Å². The van der Waals surface area contributed by atoms with Crippen LogP contribution in [0.4, 0.5) is 0 Å². The highest BCUT2D eigenvalue weighted by molar-refractivity contribution is 5.99. The van der Waals surface area contributed by atoms with Gasteiger partial charge in [0, 0.05) is 5.39 Å². The monoisotopic (exact) mass is 291 g/mol. The van der Waals surface area contributed by atoms with Gasteiger partial charge in [-0.15, -0.1) is 0 Å². The Balaban J connectivity index is 2.48. The van der Waals surface area contributed by atoms with Crippen LogP contribution in [0.1, 0.15) is 30.3 Å². The quantitative estimate of drug-likeness (QED) is 0.651. The lowest BCUT2D eigenvalue weighted by Crippen LogP contribution is -2.16. The molecular formula is C15H17NO5. The van der Waals surface area contributed by atoms with Crippen LogP contribution < -0.4 is 10.3 Å². The van der Waals surface area contributed by atoms with Crippen molar-refractivity contribution < 1.29 is 19.4 Å². The predicted octanol–water partition coefficient (Wildman–Crippen LogP) is 2.20. The Bertz CT molecular complexity index is 720. The average molecular weight is 291 g/mol. The summed E-state index contributed by atoms with van der Waals surface area (Å²) in [6, 6.07) is 4.64. The van der Waals surface area contributed by atoms with Crippen molar-refractivity contribution in [1.82, 2.24) is 4.98 Å². The van der Waals surface area contributed by atoms with Gasteiger partial charge in [0.15, 0.2) is 11.4 Å². The Labute approximate surface area is 121 Å². The van der Waals surface area contributed by atoms with Gasteiger partial charge in [0.05, 0.1) is 19.1 Å². The fourth-order valence-electron chi connectivity index (χ4n) is 1.95. The minimum absolute atomic E-state index is 0.239. The molecule has 0 saturated carbocycles. The number of ether oxygens (including phenoxy) is 2. The molecule has 0 saturated heterocycles. The van der Waals surface area contributed by atoms with E-state index in [-0.39, 0.29) is 28.8 Å². The Morgan fingerprint density at radius 3 is 2.76 bits per heavy atom. The van der Waals surface area contributed by atoms with Crippen LogP contribution >= 0.6 is 0 Å². The van der Waals surface area contributed by atoms with Crippen molar-refractivity contribution in [3.8, 4) is 11.5 Å². The summed E-state index contributed by atoms with van der Waals surface area (Å²) in [5.74, 6) is -0.582. The van der Waals surface area contributed by atoms with Crippen LogP contribution in [0.5, 0.6) is 11.5 Å². The third-order valence-corrected chi connectivity index (χ3v) is 3.14. The molecule has 0 unspecified atom stereocenters. The van der Waals surface area contributed by atoms with Crippen molar-refractivity contribution in [1.29, 1.82) is 0 Å². The van der Waals surface area contributed by atoms with E-state index in [4.69, 9.17) is 9.47 Å². The second-order valence-electron chi connectivity index (χ2n) is 4.58. The van der Waals surface area contributed by atoms with Crippen LogP contribution in [0.25, 0.3) is 10.8 Å². The molecule has 2 rings (SSSR count). The molecule has 2 aromatic rings. The van der Waals surface area contributed by atoms with Gasteiger partial charge in [0.2, 0.25) is 0 Å². The van der Waals surface area contributed by atoms with Gasteiger partial charge in [-0.2, -0.15) is 0 Å². The molecular weight excluding hydrogens is 274 g/mol. The summed E-state index contributed by atoms with van der Waals surface area (Å²) in [5.41, 5.74) is -0.704. The van der Waals surface area contributed by atoms with Crippen LogP contribution in [0.15, 0.2) is 23.0 Å². The Kier molecular flexibility index (Phi) is 4.47. The average Bonchev–Trinajstić information content (AvgIpc) is 2.50. The molecule has 0 aliphatic carbocycles. The van der Waals surface area contributed by atoms with E-state index in [9.17, 15) is 14.7 Å². The minimum atomic E-state index is -0.747. The number of rotatable bonds is 5. The van der Waals surface area contributed by atoms with Crippen molar-refractivity contribution in [2.45, 2.75) is 19.8 Å². The molecule has 1 aromatic carbocycles. The van der Waals surface area contributed by atoms with Gasteiger partial charge in [0.1, 0.15) is 5.75 Å². The molecule has 1 heterocycles. The van der Waals surface area contributed by atoms with Gasteiger partial charge in [-0.3, -0.25) is 4.79 Å². The summed E-state index contributed by atoms with van der Waals surface area (Å²) in [6.07, 6.45) is 1.60. The van der Waals surface area contributed by atoms with Crippen LogP contribution in [0, 0.1) is 0 Å². The van der Waals surface area contributed by atoms with Crippen LogP contribution in [0.3, 0.4) is 0 Å². The van der Waals surface area contributed by atoms with Gasteiger partial charge in [-0.05, 0) is 24.6 Å². The zero-order valence-electron chi connectivity index (χ0n) is 11.9. The number of esters is 1. The smallest absolute Gasteiger partial charge is 0.358 e. The molecule has 1 aromatic heterocycles. The minimum Gasteiger partial charge on any atom is -0.505 e. The molecule has 112 valence electrons. The first-order valence-corrected chi connectivity index (χ1v) is 6.68. The predicted molar refractivity (Wildman–Crippen MR) is 78.0 cm³/mol. The first kappa shape index (κ1) is 14.9. The summed E-state index contributed by atoms with van der Waals surface area (Å²) in [4.78, 5) is 26.2. The lowest BCUT2D eigenvalue weighted by atomic mass is 10.1. The summed E-state index contributed by atoms with van der Waals surface area (Å²) < 4.78 is 10.1. The number of hydrogen-bond donors (Lipinski definition) is 2. The number of carbonyl (C=O) groups excluding carboxylic acids is 1. The van der Waals surface area contributed by atoms with Gasteiger partial charge in [-0.25, -0.2) is 4.79 Å². The van der Waals surface area contributed by atoms with Crippen LogP contribution in [0.2, 0.25) is 0 Å². The number of nitrogens with one attached hydrogen (secondary N) is 1. The van der Waals surface area contributed by atoms with Gasteiger partial charge in [0.25, 0.3) is 5.56 Å². The van der Waals surface area contributed by atoms with Crippen molar-refractivity contribution in [2.24, 2.45) is 0 Å². The van der Waals surface area contributed by atoms with E-state index in [0.717, 1.165) is 12.8 Å². The number of aromatic nitrogens is 1. The Morgan fingerprint density at radius 1 is 1.33 bits per heavy atom. The molecule has 6 nitrogen and oxygen atoms in total. The SMILES string of the molecule is CCCCOC(=O)c1[nH]c(=O)c2ccc(OC)cc2c1O. The molecule has 0 aliphatic heterocycles. The van der Waals surface area contributed by atoms with Crippen LogP contribution in [-0.2, 0) is 4.74 Å². The van der Waals surface area contributed by atoms with E-state index in [1.807, 2.05) is 6.92 Å². The summed E-state index contributed by atoms with van der Waals surface area (Å²) in [7, 11) is 1.48. The lowest BCUT2D eigenvalue weighted by Gasteiger charge is -2.09. The summed E-state index contributed by atoms with van der Waals surface area (Å²) in [5, 5.41) is 10.7. The highest BCUT2D eigenvalue weighted by atomic mass is 16.5. The second kappa shape index (κ2) is 6.30. The van der Waals surface area contributed by atoms with Crippen molar-refractivity contribution >= 4 is 16.7 Å². The first-order chi connectivity index (χ1) is 10.1. The number of hydrogen-bond acceptors (Lipinski definition) is 5. The molecule has 0 radical (unpaired) electrons. The van der Waals surface area contributed by atoms with Crippen molar-refractivity contribution in [3.63, 3.8) is 0 Å². The van der Waals surface area contributed by atoms with E-state index in [0.29, 0.717) is 5.75 Å². The van der Waals surface area contributed by atoms with E-state index in [1.165, 1.54) is 19.2 Å². The topological polar surface area (TPSA) is 88.6 Å². The molecule has 0 aliphatic rings. The molecule has 6 heteroatoms. The Hall–Kier alpha value is -2.50. The maximum atomic E-state index is 12.0. The number of H-pyrrole nitrogens is 1. The van der Waals surface area contributed by atoms with Gasteiger partial charge >= 0.3 is 5.97 Å². The number of carbonyl (C=O) groups is 1. The van der Waals surface area contributed by atoms with Crippen molar-refractivity contribution in [2.75, 3.05) is 13.7 Å². The molecule has 0 fully saturated rings. The number of aromatic amines is 1. The second-order valence-corrected chi connectivity index (χ2v) is 4.58. The fourth-order valence-corrected chi connectivity index (χ4v) is 1.95. The molecule has 0 amide bonds. The summed E-state index contributed by atoms with van der Waals surface area (Å²) in [6.45, 7) is 2.21. The lowest BCUT2D eigenvalue weighted by molar-refractivity contribution is 0.0489. The van der Waals surface area contributed by atoms with E-state index in [1.54, 1.807) is 6.07 Å². The number of unbranched alkanes of at least 4 members (excludes halogenated alkanes) is 1. The zero-order valence-corrected chi connectivity index (χ0v) is 11.9. The maximum absolute atomic E-state index is 12.0. The third kappa shape index (κ3) is 2.99. The molecule has 0 bridgehead atoms. The van der Waals surface area contributed by atoms with Crippen molar-refractivity contribution in [3.05, 3.63) is 34.2 Å². The standard InChI is InChI=1S/C15H17NO5/c1-3-4-7-21-15(19)12-13(17)11-8-9(20-2)5-6-10(11)14(18)16-12/h5-6,8,17H,3-4,7H2,1-2H3,(H,16,18). The molecule has 2 N–H and O–H groups in total. The van der Waals surface area contributed by atoms with E-state index < -0.39 is 11.5 Å². The molecule has 0 spiro atoms. The first-order valence-electron chi connectivity index (χ1n) is 6.68. The highest BCUT2D eigenvalue weighted by Crippen LogP contribution is 2.28. The number of benzene rings is 1. The van der Waals surface area contributed by atoms with E-state index in [2.05, 4.69) is 4.98 Å². The Morgan fingerprint density at radius 2 is 2.10 bits per heavy atom. The maximum Gasteiger partial charge on any atom is 0.358 e. The zero-order chi connectivity index (χ0) is 15.4. The largest absolute Gasteiger partial charge is 0.505 e. The third-order valence-electron chi connectivity index (χ3n) is 3.14. The summed E-state index contributed by atoms with van der Waals surface area (Å²) >= 11 is 0. The number of aromatic hydroxyl groups is 1. The number of pyridine rings is 1. The highest BCUT2D eigenvalue weighted by Gasteiger charge is 2.18. The fraction of sp³-hybridized carbons (Fsp3) is 0.333. The van der Waals surface area contributed by atoms with Gasteiger partial charge < -0.3 is 19.6 Å². The van der Waals surface area contributed by atoms with E-state index >= 15 is 0 Å². The number of fused-ring (bicyclic) bond motifs is 1. The normalized spacial score (nSPS) is 10.6. The van der Waals surface area contributed by atoms with Gasteiger partial charge in [-0.1, -0.05) is 13.3 Å². The number of methoxy groups -OCH3 is 1.